The maximum absolute atomic E-state index is 12.7. The highest BCUT2D eigenvalue weighted by Gasteiger charge is 2.18. The Morgan fingerprint density at radius 2 is 1.95 bits per heavy atom. The van der Waals surface area contributed by atoms with Gasteiger partial charge in [-0.15, -0.1) is 0 Å². The summed E-state index contributed by atoms with van der Waals surface area (Å²) in [4.78, 5) is 22.5. The van der Waals surface area contributed by atoms with Crippen LogP contribution in [0.3, 0.4) is 0 Å². The van der Waals surface area contributed by atoms with Gasteiger partial charge < -0.3 is 15.7 Å². The molecule has 0 aromatic heterocycles. The summed E-state index contributed by atoms with van der Waals surface area (Å²) in [6, 6.07) is 3.69. The number of anilines is 1. The molecule has 1 aromatic rings. The van der Waals surface area contributed by atoms with Crippen LogP contribution >= 0.6 is 0 Å². The van der Waals surface area contributed by atoms with E-state index in [2.05, 4.69) is 10.6 Å². The van der Waals surface area contributed by atoms with E-state index in [1.165, 1.54) is 24.3 Å². The zero-order valence-electron chi connectivity index (χ0n) is 10.6. The fourth-order valence-corrected chi connectivity index (χ4v) is 1.52. The molecule has 0 aliphatic heterocycles. The van der Waals surface area contributed by atoms with Gasteiger partial charge in [-0.25, -0.2) is 14.0 Å². The van der Waals surface area contributed by atoms with Crippen LogP contribution in [-0.4, -0.2) is 23.1 Å². The first-order chi connectivity index (χ1) is 9.02. The quantitative estimate of drug-likeness (QED) is 0.742. The normalized spacial score (nSPS) is 11.7. The summed E-state index contributed by atoms with van der Waals surface area (Å²) in [7, 11) is 0. The van der Waals surface area contributed by atoms with Crippen molar-refractivity contribution in [2.45, 2.75) is 32.2 Å². The molecular weight excluding hydrogens is 251 g/mol. The molecule has 0 fully saturated rings. The molecule has 5 nitrogen and oxygen atoms in total. The first-order valence-corrected chi connectivity index (χ1v) is 6.08. The van der Waals surface area contributed by atoms with Crippen molar-refractivity contribution in [3.63, 3.8) is 0 Å². The first-order valence-electron chi connectivity index (χ1n) is 6.08. The van der Waals surface area contributed by atoms with Gasteiger partial charge >= 0.3 is 12.0 Å². The molecule has 3 N–H and O–H groups in total. The van der Waals surface area contributed by atoms with Gasteiger partial charge in [-0.05, 0) is 30.7 Å². The lowest BCUT2D eigenvalue weighted by molar-refractivity contribution is -0.139. The van der Waals surface area contributed by atoms with E-state index < -0.39 is 23.9 Å². The fraction of sp³-hybridized carbons (Fsp3) is 0.385. The van der Waals surface area contributed by atoms with Crippen LogP contribution in [0.15, 0.2) is 24.3 Å². The van der Waals surface area contributed by atoms with Crippen LogP contribution in [-0.2, 0) is 4.79 Å². The van der Waals surface area contributed by atoms with Crippen LogP contribution in [0.25, 0.3) is 0 Å². The Hall–Kier alpha value is -2.11. The van der Waals surface area contributed by atoms with Crippen molar-refractivity contribution in [1.82, 2.24) is 5.32 Å². The van der Waals surface area contributed by atoms with Crippen LogP contribution in [0.1, 0.15) is 26.2 Å². The molecule has 1 atom stereocenters. The molecule has 0 heterocycles. The predicted octanol–water partition coefficient (Wildman–Crippen LogP) is 2.59. The van der Waals surface area contributed by atoms with E-state index in [-0.39, 0.29) is 0 Å². The minimum atomic E-state index is -1.07. The van der Waals surface area contributed by atoms with E-state index in [9.17, 15) is 14.0 Å². The molecule has 6 heteroatoms. The molecule has 0 radical (unpaired) electrons. The van der Waals surface area contributed by atoms with Crippen molar-refractivity contribution in [1.29, 1.82) is 0 Å². The largest absolute Gasteiger partial charge is 0.480 e. The lowest BCUT2D eigenvalue weighted by atomic mass is 10.1. The highest BCUT2D eigenvalue weighted by atomic mass is 19.1. The van der Waals surface area contributed by atoms with Crippen LogP contribution in [0.5, 0.6) is 0 Å². The summed E-state index contributed by atoms with van der Waals surface area (Å²) in [5, 5.41) is 13.8. The van der Waals surface area contributed by atoms with Gasteiger partial charge in [0.2, 0.25) is 0 Å². The van der Waals surface area contributed by atoms with Gasteiger partial charge in [0, 0.05) is 5.69 Å². The number of amides is 2. The summed E-state index contributed by atoms with van der Waals surface area (Å²) in [5.74, 6) is -1.47. The summed E-state index contributed by atoms with van der Waals surface area (Å²) in [5.41, 5.74) is 0.401. The van der Waals surface area contributed by atoms with Gasteiger partial charge in [0.05, 0.1) is 0 Å². The highest BCUT2D eigenvalue weighted by Crippen LogP contribution is 2.08. The second-order valence-electron chi connectivity index (χ2n) is 4.14. The summed E-state index contributed by atoms with van der Waals surface area (Å²) < 4.78 is 12.7. The monoisotopic (exact) mass is 268 g/mol. The van der Waals surface area contributed by atoms with Crippen molar-refractivity contribution in [2.24, 2.45) is 0 Å². The summed E-state index contributed by atoms with van der Waals surface area (Å²) in [6.07, 6.45) is 1.95. The number of carbonyl (C=O) groups is 2. The zero-order valence-corrected chi connectivity index (χ0v) is 10.6. The smallest absolute Gasteiger partial charge is 0.326 e. The van der Waals surface area contributed by atoms with E-state index in [1.54, 1.807) is 0 Å². The number of nitrogens with one attached hydrogen (secondary N) is 2. The molecule has 19 heavy (non-hydrogen) atoms. The van der Waals surface area contributed by atoms with Gasteiger partial charge in [-0.2, -0.15) is 0 Å². The highest BCUT2D eigenvalue weighted by molar-refractivity contribution is 5.92. The molecule has 0 bridgehead atoms. The summed E-state index contributed by atoms with van der Waals surface area (Å²) >= 11 is 0. The molecule has 1 unspecified atom stereocenters. The average molecular weight is 268 g/mol. The molecule has 1 rings (SSSR count). The van der Waals surface area contributed by atoms with Crippen LogP contribution in [0, 0.1) is 5.82 Å². The molecule has 2 amide bonds. The molecule has 1 aromatic carbocycles. The van der Waals surface area contributed by atoms with E-state index >= 15 is 0 Å². The number of unbranched alkanes of at least 4 members (excludes halogenated alkanes) is 1. The van der Waals surface area contributed by atoms with Crippen molar-refractivity contribution in [3.05, 3.63) is 30.1 Å². The number of carbonyl (C=O) groups excluding carboxylic acids is 1. The van der Waals surface area contributed by atoms with Gasteiger partial charge in [-0.1, -0.05) is 19.8 Å². The van der Waals surface area contributed by atoms with E-state index in [1.807, 2.05) is 6.92 Å². The topological polar surface area (TPSA) is 78.4 Å². The number of urea groups is 1. The minimum absolute atomic E-state index is 0.378. The molecular formula is C13H17FN2O3. The molecule has 0 saturated carbocycles. The third kappa shape index (κ3) is 5.37. The van der Waals surface area contributed by atoms with Crippen molar-refractivity contribution >= 4 is 17.7 Å². The number of halogens is 1. The Kier molecular flexibility index (Phi) is 5.78. The fourth-order valence-electron chi connectivity index (χ4n) is 1.52. The van der Waals surface area contributed by atoms with Crippen molar-refractivity contribution < 1.29 is 19.1 Å². The molecule has 104 valence electrons. The Morgan fingerprint density at radius 1 is 1.32 bits per heavy atom. The standard InChI is InChI=1S/C13H17FN2O3/c1-2-3-4-11(12(17)18)16-13(19)15-10-7-5-9(14)6-8-10/h5-8,11H,2-4H2,1H3,(H,17,18)(H2,15,16,19). The summed E-state index contributed by atoms with van der Waals surface area (Å²) in [6.45, 7) is 1.94. The van der Waals surface area contributed by atoms with Gasteiger partial charge in [0.15, 0.2) is 0 Å². The first kappa shape index (κ1) is 14.9. The third-order valence-corrected chi connectivity index (χ3v) is 2.55. The second kappa shape index (κ2) is 7.35. The van der Waals surface area contributed by atoms with Crippen molar-refractivity contribution in [3.8, 4) is 0 Å². The minimum Gasteiger partial charge on any atom is -0.480 e. The van der Waals surface area contributed by atoms with Gasteiger partial charge in [0.1, 0.15) is 11.9 Å². The van der Waals surface area contributed by atoms with E-state index in [0.717, 1.165) is 6.42 Å². The van der Waals surface area contributed by atoms with Gasteiger partial charge in [-0.3, -0.25) is 0 Å². The van der Waals surface area contributed by atoms with Crippen LogP contribution in [0.2, 0.25) is 0 Å². The van der Waals surface area contributed by atoms with E-state index in [4.69, 9.17) is 5.11 Å². The number of carboxylic acids is 1. The SMILES string of the molecule is CCCCC(NC(=O)Nc1ccc(F)cc1)C(=O)O. The Labute approximate surface area is 110 Å². The number of carboxylic acid groups (broad SMARTS) is 1. The molecule has 0 saturated heterocycles. The average Bonchev–Trinajstić information content (AvgIpc) is 2.37. The Balaban J connectivity index is 2.52. The van der Waals surface area contributed by atoms with Gasteiger partial charge in [0.25, 0.3) is 0 Å². The number of benzene rings is 1. The van der Waals surface area contributed by atoms with E-state index in [0.29, 0.717) is 18.5 Å². The van der Waals surface area contributed by atoms with Crippen LogP contribution < -0.4 is 10.6 Å². The zero-order chi connectivity index (χ0) is 14.3. The second-order valence-corrected chi connectivity index (χ2v) is 4.14. The number of hydrogen-bond acceptors (Lipinski definition) is 2. The molecule has 0 aliphatic carbocycles. The number of aliphatic carboxylic acids is 1. The number of rotatable bonds is 6. The third-order valence-electron chi connectivity index (χ3n) is 2.55. The molecule has 0 aliphatic rings. The lowest BCUT2D eigenvalue weighted by Gasteiger charge is -2.14. The lowest BCUT2D eigenvalue weighted by Crippen LogP contribution is -2.42. The van der Waals surface area contributed by atoms with Crippen LogP contribution in [0.4, 0.5) is 14.9 Å². The molecule has 0 spiro atoms. The van der Waals surface area contributed by atoms with Crippen molar-refractivity contribution in [2.75, 3.05) is 5.32 Å². The predicted molar refractivity (Wildman–Crippen MR) is 69.5 cm³/mol. The maximum atomic E-state index is 12.7. The Bertz CT molecular complexity index is 434. The maximum Gasteiger partial charge on any atom is 0.326 e. The Morgan fingerprint density at radius 3 is 2.47 bits per heavy atom. The number of hydrogen-bond donors (Lipinski definition) is 3.